The average Bonchev–Trinajstić information content (AvgIpc) is 3.32. The first-order chi connectivity index (χ1) is 11.0. The highest BCUT2D eigenvalue weighted by molar-refractivity contribution is 9.10. The Labute approximate surface area is 147 Å². The van der Waals surface area contributed by atoms with Crippen molar-refractivity contribution in [3.63, 3.8) is 0 Å². The van der Waals surface area contributed by atoms with Crippen LogP contribution in [0.1, 0.15) is 6.42 Å². The van der Waals surface area contributed by atoms with Crippen molar-refractivity contribution in [2.45, 2.75) is 6.42 Å². The number of fused-ring (bicyclic) bond motifs is 1. The third kappa shape index (κ3) is 2.41. The summed E-state index contributed by atoms with van der Waals surface area (Å²) >= 11 is 9.36. The van der Waals surface area contributed by atoms with Gasteiger partial charge in [-0.1, -0.05) is 23.8 Å². The number of hydrogen-bond donors (Lipinski definition) is 2. The molecule has 2 saturated carbocycles. The minimum absolute atomic E-state index is 0.00763. The molecule has 4 aliphatic rings. The summed E-state index contributed by atoms with van der Waals surface area (Å²) in [6.45, 7) is 0. The van der Waals surface area contributed by atoms with Crippen molar-refractivity contribution < 1.29 is 14.7 Å². The van der Waals surface area contributed by atoms with Crippen LogP contribution in [0.2, 0.25) is 5.02 Å². The van der Waals surface area contributed by atoms with Crippen molar-refractivity contribution in [3.8, 4) is 0 Å². The largest absolute Gasteiger partial charge is 0.481 e. The number of carbonyl (C=O) groups excluding carboxylic acids is 1. The van der Waals surface area contributed by atoms with E-state index in [1.165, 1.54) is 0 Å². The number of halogens is 2. The van der Waals surface area contributed by atoms with E-state index >= 15 is 0 Å². The maximum Gasteiger partial charge on any atom is 0.307 e. The predicted molar refractivity (Wildman–Crippen MR) is 90.1 cm³/mol. The Hall–Kier alpha value is -1.33. The number of anilines is 1. The number of hydrogen-bond acceptors (Lipinski definition) is 2. The monoisotopic (exact) mass is 395 g/mol. The molecule has 120 valence electrons. The first-order valence-electron chi connectivity index (χ1n) is 7.64. The number of aliphatic carboxylic acids is 1. The molecular weight excluding hydrogens is 382 g/mol. The Morgan fingerprint density at radius 2 is 1.83 bits per heavy atom. The molecule has 0 heterocycles. The van der Waals surface area contributed by atoms with E-state index in [2.05, 4.69) is 27.3 Å². The highest BCUT2D eigenvalue weighted by Gasteiger charge is 2.62. The van der Waals surface area contributed by atoms with E-state index in [4.69, 9.17) is 11.6 Å². The molecule has 5 rings (SSSR count). The summed E-state index contributed by atoms with van der Waals surface area (Å²) in [7, 11) is 0. The van der Waals surface area contributed by atoms with E-state index in [0.717, 1.165) is 10.9 Å². The number of benzene rings is 1. The molecule has 0 unspecified atom stereocenters. The number of nitrogens with one attached hydrogen (secondary N) is 1. The molecular formula is C17H15BrClNO3. The molecule has 2 N–H and O–H groups in total. The number of carboxylic acid groups (broad SMARTS) is 1. The first-order valence-corrected chi connectivity index (χ1v) is 8.81. The van der Waals surface area contributed by atoms with Crippen LogP contribution in [0.15, 0.2) is 34.8 Å². The summed E-state index contributed by atoms with van der Waals surface area (Å²) in [6.07, 6.45) is 5.11. The van der Waals surface area contributed by atoms with Crippen LogP contribution in [-0.4, -0.2) is 17.0 Å². The number of allylic oxidation sites excluding steroid dienone is 2. The summed E-state index contributed by atoms with van der Waals surface area (Å²) in [4.78, 5) is 24.5. The van der Waals surface area contributed by atoms with Crippen molar-refractivity contribution in [3.05, 3.63) is 39.8 Å². The molecule has 0 aliphatic heterocycles. The van der Waals surface area contributed by atoms with E-state index in [1.807, 2.05) is 6.08 Å². The van der Waals surface area contributed by atoms with Gasteiger partial charge in [-0.2, -0.15) is 0 Å². The van der Waals surface area contributed by atoms with Crippen LogP contribution < -0.4 is 5.32 Å². The molecule has 6 heteroatoms. The molecule has 2 bridgehead atoms. The second kappa shape index (κ2) is 5.35. The molecule has 1 aromatic carbocycles. The van der Waals surface area contributed by atoms with E-state index in [1.54, 1.807) is 18.2 Å². The van der Waals surface area contributed by atoms with Crippen LogP contribution >= 0.6 is 27.5 Å². The number of rotatable bonds is 3. The van der Waals surface area contributed by atoms with E-state index < -0.39 is 17.8 Å². The lowest BCUT2D eigenvalue weighted by molar-refractivity contribution is -0.152. The Morgan fingerprint density at radius 1 is 1.17 bits per heavy atom. The molecule has 0 spiro atoms. The van der Waals surface area contributed by atoms with Gasteiger partial charge in [-0.05, 0) is 64.2 Å². The summed E-state index contributed by atoms with van der Waals surface area (Å²) in [6, 6.07) is 5.17. The van der Waals surface area contributed by atoms with Crippen molar-refractivity contribution in [2.24, 2.45) is 35.5 Å². The Bertz CT molecular complexity index is 735. The average molecular weight is 397 g/mol. The highest BCUT2D eigenvalue weighted by atomic mass is 79.9. The maximum atomic E-state index is 12.8. The lowest BCUT2D eigenvalue weighted by Crippen LogP contribution is -2.48. The van der Waals surface area contributed by atoms with Gasteiger partial charge in [-0.3, -0.25) is 9.59 Å². The van der Waals surface area contributed by atoms with Crippen molar-refractivity contribution in [1.29, 1.82) is 0 Å². The van der Waals surface area contributed by atoms with Gasteiger partial charge in [0.15, 0.2) is 0 Å². The van der Waals surface area contributed by atoms with Crippen LogP contribution in [0, 0.1) is 35.5 Å². The summed E-state index contributed by atoms with van der Waals surface area (Å²) < 4.78 is 0.751. The predicted octanol–water partition coefficient (Wildman–Crippen LogP) is 3.81. The number of carboxylic acids is 1. The van der Waals surface area contributed by atoms with Gasteiger partial charge in [0.25, 0.3) is 0 Å². The minimum Gasteiger partial charge on any atom is -0.481 e. The number of amides is 1. The molecule has 4 aliphatic carbocycles. The summed E-state index contributed by atoms with van der Waals surface area (Å²) in [5.41, 5.74) is 0.588. The molecule has 1 aromatic rings. The Kier molecular flexibility index (Phi) is 3.54. The van der Waals surface area contributed by atoms with Crippen molar-refractivity contribution in [1.82, 2.24) is 0 Å². The fourth-order valence-electron chi connectivity index (χ4n) is 4.37. The topological polar surface area (TPSA) is 66.4 Å². The third-order valence-corrected chi connectivity index (χ3v) is 6.66. The fourth-order valence-corrected chi connectivity index (χ4v) is 4.80. The smallest absolute Gasteiger partial charge is 0.307 e. The zero-order valence-electron chi connectivity index (χ0n) is 12.1. The van der Waals surface area contributed by atoms with Gasteiger partial charge >= 0.3 is 5.97 Å². The number of carbonyl (C=O) groups is 2. The SMILES string of the molecule is O=C(Nc1ccc(Br)c(Cl)c1)[C@@H]1[C@@H]2C=C[C@H]([C@H]3C[C@H]23)[C@@H]1C(=O)O. The molecule has 0 saturated heterocycles. The Balaban J connectivity index is 1.60. The quantitative estimate of drug-likeness (QED) is 0.764. The first kappa shape index (κ1) is 15.2. The molecule has 0 radical (unpaired) electrons. The van der Waals surface area contributed by atoms with Crippen LogP contribution in [0.4, 0.5) is 5.69 Å². The summed E-state index contributed by atoms with van der Waals surface area (Å²) in [5, 5.41) is 13.0. The van der Waals surface area contributed by atoms with E-state index in [0.29, 0.717) is 22.5 Å². The van der Waals surface area contributed by atoms with E-state index in [9.17, 15) is 14.7 Å². The highest BCUT2D eigenvalue weighted by Crippen LogP contribution is 2.63. The molecule has 2 fully saturated rings. The third-order valence-electron chi connectivity index (χ3n) is 5.43. The van der Waals surface area contributed by atoms with Crippen LogP contribution in [-0.2, 0) is 9.59 Å². The summed E-state index contributed by atoms with van der Waals surface area (Å²) in [5.74, 6) is -1.26. The van der Waals surface area contributed by atoms with Gasteiger partial charge in [0.2, 0.25) is 5.91 Å². The van der Waals surface area contributed by atoms with Gasteiger partial charge in [0, 0.05) is 10.2 Å². The van der Waals surface area contributed by atoms with Crippen LogP contribution in [0.25, 0.3) is 0 Å². The Morgan fingerprint density at radius 3 is 2.43 bits per heavy atom. The zero-order valence-corrected chi connectivity index (χ0v) is 14.4. The van der Waals surface area contributed by atoms with Crippen LogP contribution in [0.3, 0.4) is 0 Å². The van der Waals surface area contributed by atoms with Crippen LogP contribution in [0.5, 0.6) is 0 Å². The molecule has 4 nitrogen and oxygen atoms in total. The van der Waals surface area contributed by atoms with Gasteiger partial charge in [-0.25, -0.2) is 0 Å². The van der Waals surface area contributed by atoms with Crippen molar-refractivity contribution >= 4 is 45.1 Å². The standard InChI is InChI=1S/C17H15BrClNO3/c18-12-4-1-7(5-13(12)19)20-16(21)14-8-2-3-9(11-6-10(8)11)15(14)17(22)23/h1-5,8-11,14-15H,6H2,(H,20,21)(H,22,23)/t8-,9-,10-,11-,14-,15+/m1/s1. The second-order valence-electron chi connectivity index (χ2n) is 6.61. The normalized spacial score (nSPS) is 36.4. The molecule has 0 aromatic heterocycles. The van der Waals surface area contributed by atoms with E-state index in [-0.39, 0.29) is 17.7 Å². The lowest BCUT2D eigenvalue weighted by atomic mass is 9.62. The minimum atomic E-state index is -0.872. The molecule has 1 amide bonds. The fraction of sp³-hybridized carbons (Fsp3) is 0.412. The maximum absolute atomic E-state index is 12.8. The van der Waals surface area contributed by atoms with Gasteiger partial charge < -0.3 is 10.4 Å². The van der Waals surface area contributed by atoms with Gasteiger partial charge in [-0.15, -0.1) is 0 Å². The lowest BCUT2D eigenvalue weighted by Gasteiger charge is -2.41. The molecule has 23 heavy (non-hydrogen) atoms. The second-order valence-corrected chi connectivity index (χ2v) is 7.87. The van der Waals surface area contributed by atoms with Gasteiger partial charge in [0.1, 0.15) is 0 Å². The molecule has 6 atom stereocenters. The van der Waals surface area contributed by atoms with Crippen molar-refractivity contribution in [2.75, 3.05) is 5.32 Å². The van der Waals surface area contributed by atoms with Gasteiger partial charge in [0.05, 0.1) is 16.9 Å². The zero-order chi connectivity index (χ0) is 16.3.